The second kappa shape index (κ2) is 4.53. The van der Waals surface area contributed by atoms with E-state index in [0.29, 0.717) is 0 Å². The molecule has 17 heavy (non-hydrogen) atoms. The lowest BCUT2D eigenvalue weighted by Gasteiger charge is -2.11. The van der Waals surface area contributed by atoms with E-state index in [1.165, 1.54) is 0 Å². The Morgan fingerprint density at radius 3 is 2.65 bits per heavy atom. The zero-order valence-corrected chi connectivity index (χ0v) is 10.7. The number of imidazole rings is 1. The second-order valence-electron chi connectivity index (χ2n) is 3.99. The van der Waals surface area contributed by atoms with Crippen LogP contribution in [0.5, 0.6) is 0 Å². The molecule has 0 bridgehead atoms. The van der Waals surface area contributed by atoms with Gasteiger partial charge in [0.2, 0.25) is 0 Å². The lowest BCUT2D eigenvalue weighted by molar-refractivity contribution is 0.905. The van der Waals surface area contributed by atoms with Crippen LogP contribution in [-0.4, -0.2) is 26.1 Å². The molecular weight excluding hydrogens is 214 g/mol. The molecule has 0 saturated heterocycles. The maximum atomic E-state index is 4.48. The summed E-state index contributed by atoms with van der Waals surface area (Å²) in [6.45, 7) is 6.81. The Bertz CT molecular complexity index is 530. The Morgan fingerprint density at radius 1 is 1.29 bits per heavy atom. The molecule has 5 heteroatoms. The van der Waals surface area contributed by atoms with Crippen molar-refractivity contribution in [3.63, 3.8) is 0 Å². The number of rotatable bonds is 3. The number of aryl methyl sites for hydroxylation is 2. The molecule has 0 aliphatic rings. The van der Waals surface area contributed by atoms with E-state index in [2.05, 4.69) is 27.2 Å². The SMILES string of the molecule is CCNc1nc(C)nc(-c2nccn2C)c1C. The van der Waals surface area contributed by atoms with Crippen molar-refractivity contribution >= 4 is 5.82 Å². The maximum absolute atomic E-state index is 4.48. The van der Waals surface area contributed by atoms with Crippen molar-refractivity contribution in [3.05, 3.63) is 23.8 Å². The van der Waals surface area contributed by atoms with E-state index in [-0.39, 0.29) is 0 Å². The fourth-order valence-corrected chi connectivity index (χ4v) is 1.78. The minimum Gasteiger partial charge on any atom is -0.370 e. The molecule has 2 aromatic rings. The number of aromatic nitrogens is 4. The van der Waals surface area contributed by atoms with Gasteiger partial charge < -0.3 is 9.88 Å². The Kier molecular flexibility index (Phi) is 3.08. The van der Waals surface area contributed by atoms with Crippen LogP contribution in [-0.2, 0) is 7.05 Å². The second-order valence-corrected chi connectivity index (χ2v) is 3.99. The van der Waals surface area contributed by atoms with Crippen molar-refractivity contribution in [2.45, 2.75) is 20.8 Å². The molecule has 0 aliphatic carbocycles. The molecule has 0 fully saturated rings. The summed E-state index contributed by atoms with van der Waals surface area (Å²) >= 11 is 0. The first kappa shape index (κ1) is 11.6. The van der Waals surface area contributed by atoms with Crippen LogP contribution in [0, 0.1) is 13.8 Å². The van der Waals surface area contributed by atoms with Gasteiger partial charge in [-0.3, -0.25) is 0 Å². The fraction of sp³-hybridized carbons (Fsp3) is 0.417. The Labute approximate surface area is 101 Å². The molecule has 5 nitrogen and oxygen atoms in total. The number of anilines is 1. The predicted octanol–water partition coefficient (Wildman–Crippen LogP) is 1.93. The van der Waals surface area contributed by atoms with Crippen molar-refractivity contribution in [2.75, 3.05) is 11.9 Å². The van der Waals surface area contributed by atoms with Crippen molar-refractivity contribution in [1.29, 1.82) is 0 Å². The Balaban J connectivity index is 2.58. The Hall–Kier alpha value is -1.91. The van der Waals surface area contributed by atoms with Crippen LogP contribution in [0.2, 0.25) is 0 Å². The summed E-state index contributed by atoms with van der Waals surface area (Å²) in [4.78, 5) is 13.2. The number of nitrogens with zero attached hydrogens (tertiary/aromatic N) is 4. The predicted molar refractivity (Wildman–Crippen MR) is 67.9 cm³/mol. The highest BCUT2D eigenvalue weighted by Gasteiger charge is 2.13. The van der Waals surface area contributed by atoms with E-state index in [9.17, 15) is 0 Å². The van der Waals surface area contributed by atoms with Crippen LogP contribution in [0.25, 0.3) is 11.5 Å². The van der Waals surface area contributed by atoms with Crippen molar-refractivity contribution in [1.82, 2.24) is 19.5 Å². The zero-order chi connectivity index (χ0) is 12.4. The average molecular weight is 231 g/mol. The van der Waals surface area contributed by atoms with Gasteiger partial charge in [0.15, 0.2) is 5.82 Å². The molecule has 90 valence electrons. The van der Waals surface area contributed by atoms with E-state index in [4.69, 9.17) is 0 Å². The molecule has 0 atom stereocenters. The summed E-state index contributed by atoms with van der Waals surface area (Å²) < 4.78 is 1.96. The summed E-state index contributed by atoms with van der Waals surface area (Å²) in [5, 5.41) is 3.25. The normalized spacial score (nSPS) is 10.6. The third-order valence-electron chi connectivity index (χ3n) is 2.63. The zero-order valence-electron chi connectivity index (χ0n) is 10.7. The molecule has 0 amide bonds. The van der Waals surface area contributed by atoms with Gasteiger partial charge in [-0.25, -0.2) is 15.0 Å². The fourth-order valence-electron chi connectivity index (χ4n) is 1.78. The highest BCUT2D eigenvalue weighted by molar-refractivity contribution is 5.63. The lowest BCUT2D eigenvalue weighted by Crippen LogP contribution is -2.07. The third kappa shape index (κ3) is 2.13. The van der Waals surface area contributed by atoms with Crippen molar-refractivity contribution in [2.24, 2.45) is 7.05 Å². The van der Waals surface area contributed by atoms with Gasteiger partial charge in [-0.15, -0.1) is 0 Å². The van der Waals surface area contributed by atoms with Gasteiger partial charge in [0.25, 0.3) is 0 Å². The average Bonchev–Trinajstić information content (AvgIpc) is 2.70. The standard InChI is InChI=1S/C12H17N5/c1-5-13-11-8(2)10(15-9(3)16-11)12-14-6-7-17(12)4/h6-7H,5H2,1-4H3,(H,13,15,16). The molecule has 1 N–H and O–H groups in total. The number of hydrogen-bond acceptors (Lipinski definition) is 4. The van der Waals surface area contributed by atoms with Crippen LogP contribution in [0.1, 0.15) is 18.3 Å². The monoisotopic (exact) mass is 231 g/mol. The molecule has 0 saturated carbocycles. The first-order valence-corrected chi connectivity index (χ1v) is 5.70. The van der Waals surface area contributed by atoms with Crippen LogP contribution < -0.4 is 5.32 Å². The minimum atomic E-state index is 0.754. The highest BCUT2D eigenvalue weighted by Crippen LogP contribution is 2.23. The molecule has 0 aromatic carbocycles. The number of nitrogens with one attached hydrogen (secondary N) is 1. The molecule has 0 spiro atoms. The van der Waals surface area contributed by atoms with Gasteiger partial charge in [0, 0.05) is 31.5 Å². The van der Waals surface area contributed by atoms with E-state index in [1.807, 2.05) is 31.7 Å². The van der Waals surface area contributed by atoms with Crippen molar-refractivity contribution in [3.8, 4) is 11.5 Å². The van der Waals surface area contributed by atoms with E-state index in [1.54, 1.807) is 6.20 Å². The quantitative estimate of drug-likeness (QED) is 0.877. The summed E-state index contributed by atoms with van der Waals surface area (Å²) in [6, 6.07) is 0. The topological polar surface area (TPSA) is 55.6 Å². The number of hydrogen-bond donors (Lipinski definition) is 1. The van der Waals surface area contributed by atoms with Gasteiger partial charge in [-0.1, -0.05) is 0 Å². The molecule has 0 aliphatic heterocycles. The van der Waals surface area contributed by atoms with E-state index in [0.717, 1.165) is 35.3 Å². The van der Waals surface area contributed by atoms with Crippen LogP contribution in [0.3, 0.4) is 0 Å². The molecule has 2 heterocycles. The van der Waals surface area contributed by atoms with E-state index >= 15 is 0 Å². The Morgan fingerprint density at radius 2 is 2.06 bits per heavy atom. The maximum Gasteiger partial charge on any atom is 0.158 e. The summed E-state index contributed by atoms with van der Waals surface area (Å²) in [7, 11) is 1.96. The van der Waals surface area contributed by atoms with Crippen LogP contribution in [0.15, 0.2) is 12.4 Å². The first-order chi connectivity index (χ1) is 8.13. The molecule has 0 radical (unpaired) electrons. The van der Waals surface area contributed by atoms with Gasteiger partial charge in [0.05, 0.1) is 0 Å². The van der Waals surface area contributed by atoms with Gasteiger partial charge in [0.1, 0.15) is 17.3 Å². The van der Waals surface area contributed by atoms with E-state index < -0.39 is 0 Å². The molecule has 2 aromatic heterocycles. The van der Waals surface area contributed by atoms with Crippen molar-refractivity contribution < 1.29 is 0 Å². The summed E-state index contributed by atoms with van der Waals surface area (Å²) in [5.41, 5.74) is 1.92. The third-order valence-corrected chi connectivity index (χ3v) is 2.63. The van der Waals surface area contributed by atoms with Crippen LogP contribution in [0.4, 0.5) is 5.82 Å². The van der Waals surface area contributed by atoms with Crippen LogP contribution >= 0.6 is 0 Å². The molecule has 2 rings (SSSR count). The highest BCUT2D eigenvalue weighted by atomic mass is 15.1. The summed E-state index contributed by atoms with van der Waals surface area (Å²) in [6.07, 6.45) is 3.69. The smallest absolute Gasteiger partial charge is 0.158 e. The summed E-state index contributed by atoms with van der Waals surface area (Å²) in [5.74, 6) is 2.51. The first-order valence-electron chi connectivity index (χ1n) is 5.70. The van der Waals surface area contributed by atoms with Gasteiger partial charge >= 0.3 is 0 Å². The molecular formula is C12H17N5. The lowest BCUT2D eigenvalue weighted by atomic mass is 10.2. The molecule has 0 unspecified atom stereocenters. The van der Waals surface area contributed by atoms with Gasteiger partial charge in [-0.2, -0.15) is 0 Å². The largest absolute Gasteiger partial charge is 0.370 e. The minimum absolute atomic E-state index is 0.754. The van der Waals surface area contributed by atoms with Gasteiger partial charge in [-0.05, 0) is 20.8 Å².